The van der Waals surface area contributed by atoms with Gasteiger partial charge in [0.05, 0.1) is 18.1 Å². The largest absolute Gasteiger partial charge is 0.449 e. The lowest BCUT2D eigenvalue weighted by molar-refractivity contribution is 0.0595. The van der Waals surface area contributed by atoms with Gasteiger partial charge in [0, 0.05) is 18.5 Å². The fourth-order valence-electron chi connectivity index (χ4n) is 1.68. The van der Waals surface area contributed by atoms with E-state index in [1.165, 1.54) is 4.90 Å². The summed E-state index contributed by atoms with van der Waals surface area (Å²) in [5.41, 5.74) is 0.0114. The van der Waals surface area contributed by atoms with E-state index in [0.717, 1.165) is 12.8 Å². The van der Waals surface area contributed by atoms with Crippen LogP contribution in [0.15, 0.2) is 0 Å². The van der Waals surface area contributed by atoms with E-state index in [4.69, 9.17) is 4.74 Å². The van der Waals surface area contributed by atoms with Crippen LogP contribution >= 0.6 is 0 Å². The highest BCUT2D eigenvalue weighted by Gasteiger charge is 2.28. The van der Waals surface area contributed by atoms with Crippen LogP contribution in [-0.2, 0) is 14.6 Å². The van der Waals surface area contributed by atoms with Crippen LogP contribution in [0.3, 0.4) is 0 Å². The van der Waals surface area contributed by atoms with Crippen LogP contribution in [0.5, 0.6) is 0 Å². The smallest absolute Gasteiger partial charge is 0.409 e. The third-order valence-electron chi connectivity index (χ3n) is 3.85. The summed E-state index contributed by atoms with van der Waals surface area (Å²) in [5, 5.41) is 0. The second kappa shape index (κ2) is 5.91. The molecule has 0 saturated carbocycles. The van der Waals surface area contributed by atoms with Gasteiger partial charge in [0.15, 0.2) is 9.84 Å². The molecule has 1 fully saturated rings. The number of amides is 1. The summed E-state index contributed by atoms with van der Waals surface area (Å²) >= 11 is 0. The van der Waals surface area contributed by atoms with E-state index >= 15 is 0 Å². The summed E-state index contributed by atoms with van der Waals surface area (Å²) in [6.45, 7) is 7.12. The molecule has 5 nitrogen and oxygen atoms in total. The quantitative estimate of drug-likeness (QED) is 0.784. The molecule has 0 bridgehead atoms. The lowest BCUT2D eigenvalue weighted by atomic mass is 9.86. The van der Waals surface area contributed by atoms with Gasteiger partial charge in [-0.2, -0.15) is 0 Å². The minimum atomic E-state index is -2.95. The van der Waals surface area contributed by atoms with Crippen molar-refractivity contribution < 1.29 is 17.9 Å². The fourth-order valence-corrected chi connectivity index (χ4v) is 2.88. The summed E-state index contributed by atoms with van der Waals surface area (Å²) in [6, 6.07) is 0. The number of sulfone groups is 1. The highest BCUT2D eigenvalue weighted by Crippen LogP contribution is 2.25. The van der Waals surface area contributed by atoms with Crippen LogP contribution in [-0.4, -0.2) is 50.6 Å². The molecule has 0 spiro atoms. The van der Waals surface area contributed by atoms with Crippen molar-refractivity contribution in [2.45, 2.75) is 33.6 Å². The lowest BCUT2D eigenvalue weighted by Crippen LogP contribution is -2.44. The summed E-state index contributed by atoms with van der Waals surface area (Å²) in [6.07, 6.45) is 1.51. The molecule has 6 heteroatoms. The van der Waals surface area contributed by atoms with Crippen LogP contribution in [0.25, 0.3) is 0 Å². The van der Waals surface area contributed by atoms with Gasteiger partial charge in [0.25, 0.3) is 0 Å². The Morgan fingerprint density at radius 3 is 2.17 bits per heavy atom. The molecular weight excluding hydrogens is 254 g/mol. The maximum Gasteiger partial charge on any atom is 0.409 e. The first-order valence-corrected chi connectivity index (χ1v) is 8.26. The van der Waals surface area contributed by atoms with Crippen molar-refractivity contribution in [1.29, 1.82) is 0 Å². The molecule has 18 heavy (non-hydrogen) atoms. The highest BCUT2D eigenvalue weighted by atomic mass is 32.2. The molecule has 1 aliphatic heterocycles. The average Bonchev–Trinajstić information content (AvgIpc) is 2.35. The Balaban J connectivity index is 2.43. The Bertz CT molecular complexity index is 373. The van der Waals surface area contributed by atoms with Gasteiger partial charge in [0.1, 0.15) is 0 Å². The summed E-state index contributed by atoms with van der Waals surface area (Å²) in [5.74, 6) is 0.0852. The second-order valence-electron chi connectivity index (χ2n) is 5.21. The highest BCUT2D eigenvalue weighted by molar-refractivity contribution is 7.91. The van der Waals surface area contributed by atoms with Gasteiger partial charge in [-0.1, -0.05) is 20.8 Å². The molecule has 1 aliphatic rings. The van der Waals surface area contributed by atoms with Gasteiger partial charge in [-0.05, 0) is 12.8 Å². The molecule has 1 saturated heterocycles. The Morgan fingerprint density at radius 1 is 1.22 bits per heavy atom. The number of rotatable bonds is 4. The maximum atomic E-state index is 11.8. The Hall–Kier alpha value is -0.780. The third kappa shape index (κ3) is 4.15. The number of nitrogens with zero attached hydrogens (tertiary/aromatic N) is 1. The van der Waals surface area contributed by atoms with Crippen LogP contribution in [0.2, 0.25) is 0 Å². The minimum absolute atomic E-state index is 0.0114. The van der Waals surface area contributed by atoms with Gasteiger partial charge >= 0.3 is 6.09 Å². The first kappa shape index (κ1) is 15.3. The van der Waals surface area contributed by atoms with Crippen molar-refractivity contribution in [3.05, 3.63) is 0 Å². The summed E-state index contributed by atoms with van der Waals surface area (Å²) < 4.78 is 27.8. The van der Waals surface area contributed by atoms with Gasteiger partial charge in [-0.15, -0.1) is 0 Å². The topological polar surface area (TPSA) is 63.7 Å². The van der Waals surface area contributed by atoms with E-state index in [0.29, 0.717) is 6.61 Å². The molecule has 0 aromatic heterocycles. The molecule has 106 valence electrons. The molecule has 0 aliphatic carbocycles. The van der Waals surface area contributed by atoms with E-state index < -0.39 is 15.9 Å². The van der Waals surface area contributed by atoms with Crippen molar-refractivity contribution in [2.24, 2.45) is 5.41 Å². The van der Waals surface area contributed by atoms with Crippen molar-refractivity contribution in [2.75, 3.05) is 31.2 Å². The lowest BCUT2D eigenvalue weighted by Gasteiger charge is -2.30. The Morgan fingerprint density at radius 2 is 1.72 bits per heavy atom. The van der Waals surface area contributed by atoms with E-state index in [9.17, 15) is 13.2 Å². The Kier molecular flexibility index (Phi) is 5.01. The van der Waals surface area contributed by atoms with Crippen molar-refractivity contribution in [3.63, 3.8) is 0 Å². The normalized spacial score (nSPS) is 19.6. The van der Waals surface area contributed by atoms with Crippen LogP contribution in [0, 0.1) is 5.41 Å². The van der Waals surface area contributed by atoms with Crippen molar-refractivity contribution in [1.82, 2.24) is 4.90 Å². The van der Waals surface area contributed by atoms with E-state index in [-0.39, 0.29) is 30.0 Å². The number of hydrogen-bond acceptors (Lipinski definition) is 4. The van der Waals surface area contributed by atoms with Gasteiger partial charge in [-0.25, -0.2) is 13.2 Å². The molecule has 0 aromatic rings. The average molecular weight is 277 g/mol. The maximum absolute atomic E-state index is 11.8. The number of carbonyl (C=O) groups is 1. The van der Waals surface area contributed by atoms with Gasteiger partial charge < -0.3 is 9.64 Å². The number of ether oxygens (including phenoxy) is 1. The molecular formula is C12H23NO4S. The van der Waals surface area contributed by atoms with Gasteiger partial charge in [-0.3, -0.25) is 0 Å². The monoisotopic (exact) mass is 277 g/mol. The standard InChI is InChI=1S/C12H23NO4S/c1-4-12(3,5-2)10-17-11(14)13-6-8-18(15,16)9-7-13/h4-10H2,1-3H3. The van der Waals surface area contributed by atoms with Crippen molar-refractivity contribution in [3.8, 4) is 0 Å². The van der Waals surface area contributed by atoms with Crippen LogP contribution in [0.1, 0.15) is 33.6 Å². The predicted octanol–water partition coefficient (Wildman–Crippen LogP) is 1.68. The zero-order valence-electron chi connectivity index (χ0n) is 11.4. The number of hydrogen-bond donors (Lipinski definition) is 0. The zero-order valence-corrected chi connectivity index (χ0v) is 12.3. The van der Waals surface area contributed by atoms with Crippen molar-refractivity contribution >= 4 is 15.9 Å². The molecule has 0 aromatic carbocycles. The second-order valence-corrected chi connectivity index (χ2v) is 7.51. The number of carbonyl (C=O) groups excluding carboxylic acids is 1. The van der Waals surface area contributed by atoms with E-state index in [1.807, 2.05) is 0 Å². The summed E-state index contributed by atoms with van der Waals surface area (Å²) in [4.78, 5) is 13.3. The van der Waals surface area contributed by atoms with E-state index in [1.54, 1.807) is 0 Å². The zero-order chi connectivity index (χ0) is 13.8. The predicted molar refractivity (Wildman–Crippen MR) is 70.3 cm³/mol. The fraction of sp³-hybridized carbons (Fsp3) is 0.917. The van der Waals surface area contributed by atoms with Crippen LogP contribution in [0.4, 0.5) is 4.79 Å². The van der Waals surface area contributed by atoms with Gasteiger partial charge in [0.2, 0.25) is 0 Å². The van der Waals surface area contributed by atoms with Crippen LogP contribution < -0.4 is 0 Å². The SMILES string of the molecule is CCC(C)(CC)COC(=O)N1CCS(=O)(=O)CC1. The third-order valence-corrected chi connectivity index (χ3v) is 5.46. The minimum Gasteiger partial charge on any atom is -0.449 e. The Labute approximate surface area is 109 Å². The molecule has 0 radical (unpaired) electrons. The molecule has 1 heterocycles. The molecule has 1 amide bonds. The molecule has 0 unspecified atom stereocenters. The molecule has 0 atom stereocenters. The summed E-state index contributed by atoms with van der Waals surface area (Å²) in [7, 11) is -2.95. The first-order valence-electron chi connectivity index (χ1n) is 6.44. The van der Waals surface area contributed by atoms with E-state index in [2.05, 4.69) is 20.8 Å². The molecule has 1 rings (SSSR count). The first-order chi connectivity index (χ1) is 8.32. The molecule has 0 N–H and O–H groups in total.